The standard InChI is InChI=1S/C15H20N2O2S/c1-11(16)15(2,3)17-20(18,19)14-10-6-8-12-7-4-5-9-13(12)14/h4-11,17H,16H2,1-3H3. The van der Waals surface area contributed by atoms with Gasteiger partial charge in [0.1, 0.15) is 0 Å². The number of sulfonamides is 1. The molecule has 2 rings (SSSR count). The molecule has 0 amide bonds. The normalized spacial score (nSPS) is 14.4. The third-order valence-corrected chi connectivity index (χ3v) is 5.30. The van der Waals surface area contributed by atoms with E-state index in [1.54, 1.807) is 32.9 Å². The van der Waals surface area contributed by atoms with Crippen molar-refractivity contribution in [2.75, 3.05) is 0 Å². The van der Waals surface area contributed by atoms with Crippen LogP contribution in [0, 0.1) is 0 Å². The van der Waals surface area contributed by atoms with Crippen LogP contribution in [0.5, 0.6) is 0 Å². The predicted octanol–water partition coefficient (Wildman–Crippen LogP) is 2.24. The molecule has 108 valence electrons. The van der Waals surface area contributed by atoms with Crippen LogP contribution in [0.1, 0.15) is 20.8 Å². The number of nitrogens with two attached hydrogens (primary N) is 1. The zero-order valence-corrected chi connectivity index (χ0v) is 12.7. The van der Waals surface area contributed by atoms with Crippen LogP contribution in [-0.4, -0.2) is 20.0 Å². The second-order valence-electron chi connectivity index (χ2n) is 5.59. The molecule has 5 heteroatoms. The summed E-state index contributed by atoms with van der Waals surface area (Å²) in [6, 6.07) is 12.4. The van der Waals surface area contributed by atoms with Gasteiger partial charge in [0.25, 0.3) is 0 Å². The summed E-state index contributed by atoms with van der Waals surface area (Å²) < 4.78 is 27.9. The first-order chi connectivity index (χ1) is 9.24. The summed E-state index contributed by atoms with van der Waals surface area (Å²) in [6.07, 6.45) is 0. The first-order valence-electron chi connectivity index (χ1n) is 6.51. The first-order valence-corrected chi connectivity index (χ1v) is 8.00. The van der Waals surface area contributed by atoms with Gasteiger partial charge in [0.2, 0.25) is 10.0 Å². The monoisotopic (exact) mass is 292 g/mol. The summed E-state index contributed by atoms with van der Waals surface area (Å²) in [5.41, 5.74) is 5.13. The Balaban J connectivity index is 2.53. The third kappa shape index (κ3) is 2.85. The third-order valence-electron chi connectivity index (χ3n) is 3.57. The number of fused-ring (bicyclic) bond motifs is 1. The quantitative estimate of drug-likeness (QED) is 0.907. The number of nitrogens with one attached hydrogen (secondary N) is 1. The fourth-order valence-electron chi connectivity index (χ4n) is 1.92. The van der Waals surface area contributed by atoms with E-state index in [9.17, 15) is 8.42 Å². The Kier molecular flexibility index (Phi) is 3.86. The fraction of sp³-hybridized carbons (Fsp3) is 0.333. The van der Waals surface area contributed by atoms with E-state index in [1.807, 2.05) is 30.3 Å². The number of benzene rings is 2. The van der Waals surface area contributed by atoms with E-state index in [2.05, 4.69) is 4.72 Å². The lowest BCUT2D eigenvalue weighted by Crippen LogP contribution is -2.54. The van der Waals surface area contributed by atoms with Crippen LogP contribution in [0.4, 0.5) is 0 Å². The van der Waals surface area contributed by atoms with Gasteiger partial charge in [-0.15, -0.1) is 0 Å². The van der Waals surface area contributed by atoms with Crippen molar-refractivity contribution in [3.8, 4) is 0 Å². The Hall–Kier alpha value is -1.43. The van der Waals surface area contributed by atoms with E-state index in [0.717, 1.165) is 5.39 Å². The molecule has 0 spiro atoms. The van der Waals surface area contributed by atoms with Gasteiger partial charge in [0.05, 0.1) is 4.90 Å². The molecule has 1 unspecified atom stereocenters. The zero-order valence-electron chi connectivity index (χ0n) is 11.9. The van der Waals surface area contributed by atoms with Crippen LogP contribution in [0.2, 0.25) is 0 Å². The molecule has 2 aromatic rings. The molecule has 3 N–H and O–H groups in total. The lowest BCUT2D eigenvalue weighted by Gasteiger charge is -2.30. The van der Waals surface area contributed by atoms with Crippen LogP contribution >= 0.6 is 0 Å². The maximum atomic E-state index is 12.6. The van der Waals surface area contributed by atoms with Crippen LogP contribution < -0.4 is 10.5 Å². The average Bonchev–Trinajstić information content (AvgIpc) is 2.36. The number of rotatable bonds is 4. The second-order valence-corrected chi connectivity index (χ2v) is 7.24. The van der Waals surface area contributed by atoms with E-state index in [0.29, 0.717) is 5.39 Å². The molecular formula is C15H20N2O2S. The van der Waals surface area contributed by atoms with Crippen LogP contribution in [0.3, 0.4) is 0 Å². The van der Waals surface area contributed by atoms with Crippen molar-refractivity contribution in [3.05, 3.63) is 42.5 Å². The van der Waals surface area contributed by atoms with E-state index in [4.69, 9.17) is 5.73 Å². The van der Waals surface area contributed by atoms with Crippen molar-refractivity contribution < 1.29 is 8.42 Å². The Morgan fingerprint density at radius 2 is 1.70 bits per heavy atom. The molecule has 0 fully saturated rings. The zero-order chi connectivity index (χ0) is 15.0. The lowest BCUT2D eigenvalue weighted by atomic mass is 9.99. The highest BCUT2D eigenvalue weighted by molar-refractivity contribution is 7.89. The highest BCUT2D eigenvalue weighted by Crippen LogP contribution is 2.24. The summed E-state index contributed by atoms with van der Waals surface area (Å²) in [4.78, 5) is 0.282. The summed E-state index contributed by atoms with van der Waals surface area (Å²) >= 11 is 0. The van der Waals surface area contributed by atoms with Crippen LogP contribution in [0.25, 0.3) is 10.8 Å². The van der Waals surface area contributed by atoms with Crippen LogP contribution in [-0.2, 0) is 10.0 Å². The molecule has 0 aliphatic heterocycles. The number of hydrogen-bond acceptors (Lipinski definition) is 3. The van der Waals surface area contributed by atoms with E-state index < -0.39 is 15.6 Å². The molecule has 0 heterocycles. The van der Waals surface area contributed by atoms with Gasteiger partial charge in [0.15, 0.2) is 0 Å². The molecule has 0 aliphatic carbocycles. The molecule has 0 saturated carbocycles. The van der Waals surface area contributed by atoms with Crippen molar-refractivity contribution in [1.82, 2.24) is 4.72 Å². The Bertz CT molecular complexity index is 716. The largest absolute Gasteiger partial charge is 0.326 e. The first kappa shape index (κ1) is 15.0. The Labute approximate surface area is 120 Å². The van der Waals surface area contributed by atoms with Gasteiger partial charge in [-0.2, -0.15) is 0 Å². The molecule has 0 aromatic heterocycles. The van der Waals surface area contributed by atoms with Crippen molar-refractivity contribution in [2.45, 2.75) is 37.2 Å². The summed E-state index contributed by atoms with van der Waals surface area (Å²) in [5.74, 6) is 0. The minimum Gasteiger partial charge on any atom is -0.326 e. The van der Waals surface area contributed by atoms with Crippen molar-refractivity contribution in [2.24, 2.45) is 5.73 Å². The maximum absolute atomic E-state index is 12.6. The SMILES string of the molecule is CC(N)C(C)(C)NS(=O)(=O)c1cccc2ccccc12. The van der Waals surface area contributed by atoms with Gasteiger partial charge in [-0.05, 0) is 32.2 Å². The highest BCUT2D eigenvalue weighted by atomic mass is 32.2. The highest BCUT2D eigenvalue weighted by Gasteiger charge is 2.30. The summed E-state index contributed by atoms with van der Waals surface area (Å²) in [7, 11) is -3.62. The van der Waals surface area contributed by atoms with E-state index in [1.165, 1.54) is 0 Å². The Morgan fingerprint density at radius 1 is 1.10 bits per heavy atom. The average molecular weight is 292 g/mol. The smallest absolute Gasteiger partial charge is 0.241 e. The minimum atomic E-state index is -3.62. The van der Waals surface area contributed by atoms with Gasteiger partial charge in [0, 0.05) is 17.0 Å². The topological polar surface area (TPSA) is 72.2 Å². The maximum Gasteiger partial charge on any atom is 0.241 e. The summed E-state index contributed by atoms with van der Waals surface area (Å²) in [6.45, 7) is 5.34. The van der Waals surface area contributed by atoms with Crippen molar-refractivity contribution >= 4 is 20.8 Å². The minimum absolute atomic E-state index is 0.282. The van der Waals surface area contributed by atoms with Crippen molar-refractivity contribution in [3.63, 3.8) is 0 Å². The van der Waals surface area contributed by atoms with Gasteiger partial charge in [-0.3, -0.25) is 0 Å². The molecule has 20 heavy (non-hydrogen) atoms. The number of hydrogen-bond donors (Lipinski definition) is 2. The van der Waals surface area contributed by atoms with E-state index in [-0.39, 0.29) is 10.9 Å². The Morgan fingerprint density at radius 3 is 2.35 bits per heavy atom. The molecule has 1 atom stereocenters. The fourth-order valence-corrected chi connectivity index (χ4v) is 3.65. The van der Waals surface area contributed by atoms with Gasteiger partial charge in [-0.1, -0.05) is 36.4 Å². The molecule has 4 nitrogen and oxygen atoms in total. The van der Waals surface area contributed by atoms with Crippen LogP contribution in [0.15, 0.2) is 47.4 Å². The molecule has 0 saturated heterocycles. The van der Waals surface area contributed by atoms with Gasteiger partial charge < -0.3 is 5.73 Å². The molecule has 0 aliphatic rings. The molecule has 0 bridgehead atoms. The lowest BCUT2D eigenvalue weighted by molar-refractivity contribution is 0.388. The van der Waals surface area contributed by atoms with Crippen molar-refractivity contribution in [1.29, 1.82) is 0 Å². The summed E-state index contributed by atoms with van der Waals surface area (Å²) in [5, 5.41) is 1.61. The predicted molar refractivity (Wildman–Crippen MR) is 82.0 cm³/mol. The van der Waals surface area contributed by atoms with Gasteiger partial charge in [-0.25, -0.2) is 13.1 Å². The molecular weight excluding hydrogens is 272 g/mol. The van der Waals surface area contributed by atoms with Gasteiger partial charge >= 0.3 is 0 Å². The molecule has 0 radical (unpaired) electrons. The van der Waals surface area contributed by atoms with E-state index >= 15 is 0 Å². The molecule has 2 aromatic carbocycles. The second kappa shape index (κ2) is 5.16.